The van der Waals surface area contributed by atoms with Crippen molar-refractivity contribution in [1.82, 2.24) is 9.78 Å². The Labute approximate surface area is 139 Å². The van der Waals surface area contributed by atoms with E-state index in [1.54, 1.807) is 26.0 Å². The van der Waals surface area contributed by atoms with Gasteiger partial charge in [0, 0.05) is 10.9 Å². The van der Waals surface area contributed by atoms with E-state index >= 15 is 0 Å². The fourth-order valence-corrected chi connectivity index (χ4v) is 2.64. The van der Waals surface area contributed by atoms with Crippen molar-refractivity contribution in [2.24, 2.45) is 0 Å². The number of hydrogen-bond acceptors (Lipinski definition) is 4. The fraction of sp³-hybridized carbons (Fsp3) is 0.211. The molecule has 0 spiro atoms. The van der Waals surface area contributed by atoms with Crippen molar-refractivity contribution in [2.45, 2.75) is 19.9 Å². The number of rotatable bonds is 4. The first-order valence-electron chi connectivity index (χ1n) is 7.87. The third-order valence-electron chi connectivity index (χ3n) is 3.87. The van der Waals surface area contributed by atoms with Gasteiger partial charge in [0.25, 0.3) is 5.56 Å². The summed E-state index contributed by atoms with van der Waals surface area (Å²) in [4.78, 5) is 24.8. The minimum absolute atomic E-state index is 0.261. The number of hydrogen-bond donors (Lipinski definition) is 0. The van der Waals surface area contributed by atoms with E-state index in [2.05, 4.69) is 5.10 Å². The quantitative estimate of drug-likeness (QED) is 0.692. The molecule has 0 aliphatic rings. The zero-order valence-electron chi connectivity index (χ0n) is 13.6. The Morgan fingerprint density at radius 1 is 1.08 bits per heavy atom. The van der Waals surface area contributed by atoms with Crippen LogP contribution in [0.15, 0.2) is 59.4 Å². The predicted molar refractivity (Wildman–Crippen MR) is 92.8 cm³/mol. The minimum Gasteiger partial charge on any atom is -0.464 e. The number of fused-ring (bicyclic) bond motifs is 1. The lowest BCUT2D eigenvalue weighted by Crippen LogP contribution is -2.32. The molecule has 5 nitrogen and oxygen atoms in total. The fourth-order valence-electron chi connectivity index (χ4n) is 2.64. The maximum Gasteiger partial charge on any atom is 0.330 e. The molecule has 5 heteroatoms. The summed E-state index contributed by atoms with van der Waals surface area (Å²) in [7, 11) is 0. The molecule has 0 bridgehead atoms. The molecule has 0 N–H and O–H groups in total. The van der Waals surface area contributed by atoms with E-state index in [9.17, 15) is 9.59 Å². The van der Waals surface area contributed by atoms with Gasteiger partial charge in [0.1, 0.15) is 0 Å². The van der Waals surface area contributed by atoms with E-state index < -0.39 is 12.0 Å². The van der Waals surface area contributed by atoms with Crippen LogP contribution >= 0.6 is 0 Å². The Morgan fingerprint density at radius 2 is 1.71 bits per heavy atom. The van der Waals surface area contributed by atoms with Crippen molar-refractivity contribution in [3.63, 3.8) is 0 Å². The molecule has 3 rings (SSSR count). The monoisotopic (exact) mass is 322 g/mol. The van der Waals surface area contributed by atoms with Crippen molar-refractivity contribution < 1.29 is 9.53 Å². The van der Waals surface area contributed by atoms with Gasteiger partial charge in [-0.05, 0) is 19.9 Å². The van der Waals surface area contributed by atoms with Crippen LogP contribution in [-0.2, 0) is 9.53 Å². The van der Waals surface area contributed by atoms with E-state index in [0.717, 1.165) is 10.9 Å². The Kier molecular flexibility index (Phi) is 4.42. The van der Waals surface area contributed by atoms with Crippen molar-refractivity contribution in [2.75, 3.05) is 6.61 Å². The standard InChI is InChI=1S/C19H18N2O3/c1-3-24-19(23)13(2)21-18(22)16-12-8-7-11-15(16)17(20-21)14-9-5-4-6-10-14/h4-13H,3H2,1-2H3/t13-/m1/s1. The first-order valence-corrected chi connectivity index (χ1v) is 7.87. The molecule has 0 radical (unpaired) electrons. The summed E-state index contributed by atoms with van der Waals surface area (Å²) < 4.78 is 6.24. The van der Waals surface area contributed by atoms with E-state index in [4.69, 9.17) is 4.74 Å². The molecule has 1 atom stereocenters. The Morgan fingerprint density at radius 3 is 2.38 bits per heavy atom. The molecule has 1 aromatic heterocycles. The van der Waals surface area contributed by atoms with Gasteiger partial charge in [0.15, 0.2) is 6.04 Å². The molecular weight excluding hydrogens is 304 g/mol. The molecule has 3 aromatic rings. The highest BCUT2D eigenvalue weighted by molar-refractivity contribution is 5.93. The van der Waals surface area contributed by atoms with Crippen LogP contribution in [0.25, 0.3) is 22.0 Å². The summed E-state index contributed by atoms with van der Waals surface area (Å²) in [6.07, 6.45) is 0. The van der Waals surface area contributed by atoms with Crippen molar-refractivity contribution >= 4 is 16.7 Å². The Balaban J connectivity index is 2.27. The molecule has 0 amide bonds. The first-order chi connectivity index (χ1) is 11.6. The van der Waals surface area contributed by atoms with Crippen LogP contribution in [0.4, 0.5) is 0 Å². The Bertz CT molecular complexity index is 932. The van der Waals surface area contributed by atoms with E-state index in [-0.39, 0.29) is 12.2 Å². The van der Waals surface area contributed by atoms with Crippen LogP contribution in [0.2, 0.25) is 0 Å². The maximum absolute atomic E-state index is 12.8. The number of ether oxygens (including phenoxy) is 1. The summed E-state index contributed by atoms with van der Waals surface area (Å²) in [5.41, 5.74) is 1.26. The van der Waals surface area contributed by atoms with Gasteiger partial charge in [0.2, 0.25) is 0 Å². The van der Waals surface area contributed by atoms with Crippen molar-refractivity contribution in [1.29, 1.82) is 0 Å². The lowest BCUT2D eigenvalue weighted by molar-refractivity contribution is -0.146. The Hall–Kier alpha value is -2.95. The predicted octanol–water partition coefficient (Wildman–Crippen LogP) is 3.19. The highest BCUT2D eigenvalue weighted by Crippen LogP contribution is 2.25. The zero-order chi connectivity index (χ0) is 17.1. The van der Waals surface area contributed by atoms with Crippen LogP contribution < -0.4 is 5.56 Å². The van der Waals surface area contributed by atoms with Gasteiger partial charge in [-0.3, -0.25) is 4.79 Å². The summed E-state index contributed by atoms with van der Waals surface area (Å²) >= 11 is 0. The third kappa shape index (κ3) is 2.80. The SMILES string of the molecule is CCOC(=O)[C@@H](C)n1nc(-c2ccccc2)c2ccccc2c1=O. The van der Waals surface area contributed by atoms with Gasteiger partial charge in [0.05, 0.1) is 17.7 Å². The number of esters is 1. The van der Waals surface area contributed by atoms with Gasteiger partial charge < -0.3 is 4.74 Å². The molecule has 0 aliphatic carbocycles. The summed E-state index contributed by atoms with van der Waals surface area (Å²) in [5, 5.41) is 5.77. The number of aromatic nitrogens is 2. The van der Waals surface area contributed by atoms with Gasteiger partial charge >= 0.3 is 5.97 Å². The molecule has 1 heterocycles. The molecule has 0 saturated heterocycles. The van der Waals surface area contributed by atoms with Crippen molar-refractivity contribution in [3.05, 3.63) is 65.0 Å². The average Bonchev–Trinajstić information content (AvgIpc) is 2.62. The minimum atomic E-state index is -0.787. The van der Waals surface area contributed by atoms with Crippen LogP contribution in [0, 0.1) is 0 Å². The number of benzene rings is 2. The smallest absolute Gasteiger partial charge is 0.330 e. The molecule has 0 unspecified atom stereocenters. The van der Waals surface area contributed by atoms with Gasteiger partial charge in [-0.15, -0.1) is 0 Å². The number of nitrogens with zero attached hydrogens (tertiary/aromatic N) is 2. The largest absolute Gasteiger partial charge is 0.464 e. The summed E-state index contributed by atoms with van der Waals surface area (Å²) in [5.74, 6) is -0.471. The number of carbonyl (C=O) groups is 1. The molecule has 24 heavy (non-hydrogen) atoms. The molecule has 0 aliphatic heterocycles. The summed E-state index contributed by atoms with van der Waals surface area (Å²) in [6, 6.07) is 16.1. The molecule has 122 valence electrons. The lowest BCUT2D eigenvalue weighted by Gasteiger charge is -2.15. The molecular formula is C19H18N2O3. The second-order valence-electron chi connectivity index (χ2n) is 5.44. The van der Waals surface area contributed by atoms with E-state index in [0.29, 0.717) is 11.1 Å². The summed E-state index contributed by atoms with van der Waals surface area (Å²) in [6.45, 7) is 3.61. The molecule has 2 aromatic carbocycles. The first kappa shape index (κ1) is 15.9. The van der Waals surface area contributed by atoms with Gasteiger partial charge in [-0.1, -0.05) is 48.5 Å². The van der Waals surface area contributed by atoms with Crippen LogP contribution in [0.5, 0.6) is 0 Å². The van der Waals surface area contributed by atoms with E-state index in [1.807, 2.05) is 42.5 Å². The molecule has 0 saturated carbocycles. The second-order valence-corrected chi connectivity index (χ2v) is 5.44. The van der Waals surface area contributed by atoms with Gasteiger partial charge in [-0.2, -0.15) is 5.10 Å². The maximum atomic E-state index is 12.8. The normalized spacial score (nSPS) is 12.1. The highest BCUT2D eigenvalue weighted by Gasteiger charge is 2.21. The number of carbonyl (C=O) groups excluding carboxylic acids is 1. The van der Waals surface area contributed by atoms with Gasteiger partial charge in [-0.25, -0.2) is 9.48 Å². The zero-order valence-corrected chi connectivity index (χ0v) is 13.6. The lowest BCUT2D eigenvalue weighted by atomic mass is 10.1. The average molecular weight is 322 g/mol. The van der Waals surface area contributed by atoms with Crippen molar-refractivity contribution in [3.8, 4) is 11.3 Å². The van der Waals surface area contributed by atoms with Crippen LogP contribution in [-0.4, -0.2) is 22.4 Å². The molecule has 0 fully saturated rings. The van der Waals surface area contributed by atoms with Crippen LogP contribution in [0.1, 0.15) is 19.9 Å². The van der Waals surface area contributed by atoms with E-state index in [1.165, 1.54) is 4.68 Å². The topological polar surface area (TPSA) is 61.2 Å². The second kappa shape index (κ2) is 6.66. The highest BCUT2D eigenvalue weighted by atomic mass is 16.5. The third-order valence-corrected chi connectivity index (χ3v) is 3.87. The van der Waals surface area contributed by atoms with Crippen LogP contribution in [0.3, 0.4) is 0 Å².